The Morgan fingerprint density at radius 2 is 1.82 bits per heavy atom. The molecule has 0 amide bonds. The van der Waals surface area contributed by atoms with Crippen LogP contribution in [0.15, 0.2) is 33.6 Å². The number of unbranched alkanes of at least 4 members (excludes halogenated alkanes) is 6. The van der Waals surface area contributed by atoms with Crippen molar-refractivity contribution in [3.8, 4) is 0 Å². The molecule has 1 aliphatic carbocycles. The number of hydrogen-bond acceptors (Lipinski definition) is 5. The molecular weight excluding hydrogens is 388 g/mol. The van der Waals surface area contributed by atoms with Gasteiger partial charge >= 0.3 is 5.97 Å². The second kappa shape index (κ2) is 15.0. The first kappa shape index (κ1) is 25.1. The van der Waals surface area contributed by atoms with Crippen LogP contribution in [0.4, 0.5) is 0 Å². The third kappa shape index (κ3) is 8.60. The molecule has 5 heteroatoms. The molecule has 0 spiro atoms. The van der Waals surface area contributed by atoms with E-state index in [1.165, 1.54) is 37.7 Å². The van der Waals surface area contributed by atoms with E-state index in [1.807, 2.05) is 6.26 Å². The van der Waals surface area contributed by atoms with E-state index in [0.717, 1.165) is 42.6 Å². The fourth-order valence-electron chi connectivity index (χ4n) is 3.34. The van der Waals surface area contributed by atoms with Gasteiger partial charge in [0.15, 0.2) is 5.78 Å². The molecule has 0 aromatic rings. The number of methoxy groups -OCH3 is 1. The first-order chi connectivity index (χ1) is 13.6. The molecule has 0 fully saturated rings. The smallest absolute Gasteiger partial charge is 0.305 e. The Hall–Kier alpha value is -0.940. The lowest BCUT2D eigenvalue weighted by Crippen LogP contribution is -2.06. The number of carbonyl (C=O) groups is 2. The maximum atomic E-state index is 12.9. The Kier molecular flexibility index (Phi) is 13.4. The number of esters is 1. The van der Waals surface area contributed by atoms with Crippen molar-refractivity contribution in [2.24, 2.45) is 5.92 Å². The number of allylic oxidation sites excluding steroid dienone is 6. The molecule has 3 nitrogen and oxygen atoms in total. The van der Waals surface area contributed by atoms with Crippen LogP contribution in [0, 0.1) is 5.92 Å². The van der Waals surface area contributed by atoms with Crippen LogP contribution in [0.25, 0.3) is 0 Å². The summed E-state index contributed by atoms with van der Waals surface area (Å²) in [5.74, 6) is 0.165. The van der Waals surface area contributed by atoms with Gasteiger partial charge in [-0.15, -0.1) is 23.5 Å². The van der Waals surface area contributed by atoms with Crippen LogP contribution in [0.1, 0.15) is 71.1 Å². The minimum absolute atomic E-state index is 0.110. The Labute approximate surface area is 179 Å². The minimum Gasteiger partial charge on any atom is -0.469 e. The third-order valence-electron chi connectivity index (χ3n) is 4.98. The van der Waals surface area contributed by atoms with Crippen molar-refractivity contribution in [3.05, 3.63) is 33.6 Å². The van der Waals surface area contributed by atoms with Crippen LogP contribution in [-0.2, 0) is 14.3 Å². The van der Waals surface area contributed by atoms with Gasteiger partial charge in [0, 0.05) is 17.9 Å². The zero-order valence-corrected chi connectivity index (χ0v) is 19.6. The molecule has 1 rings (SSSR count). The average molecular weight is 425 g/mol. The largest absolute Gasteiger partial charge is 0.469 e. The van der Waals surface area contributed by atoms with Crippen molar-refractivity contribution in [2.45, 2.75) is 71.1 Å². The molecule has 158 valence electrons. The summed E-state index contributed by atoms with van der Waals surface area (Å²) < 4.78 is 4.69. The van der Waals surface area contributed by atoms with E-state index < -0.39 is 0 Å². The van der Waals surface area contributed by atoms with Gasteiger partial charge in [0.1, 0.15) is 0 Å². The van der Waals surface area contributed by atoms with Crippen molar-refractivity contribution in [1.82, 2.24) is 0 Å². The van der Waals surface area contributed by atoms with Crippen LogP contribution >= 0.6 is 23.5 Å². The van der Waals surface area contributed by atoms with Gasteiger partial charge in [0.25, 0.3) is 0 Å². The molecule has 0 heterocycles. The molecule has 0 aromatic carbocycles. The lowest BCUT2D eigenvalue weighted by Gasteiger charge is -2.13. The maximum Gasteiger partial charge on any atom is 0.305 e. The third-order valence-corrected chi connectivity index (χ3v) is 6.66. The van der Waals surface area contributed by atoms with E-state index >= 15 is 0 Å². The van der Waals surface area contributed by atoms with Gasteiger partial charge in [-0.25, -0.2) is 0 Å². The summed E-state index contributed by atoms with van der Waals surface area (Å²) in [5, 5.41) is 0. The monoisotopic (exact) mass is 424 g/mol. The minimum atomic E-state index is -0.146. The molecule has 0 saturated heterocycles. The van der Waals surface area contributed by atoms with E-state index in [1.54, 1.807) is 23.5 Å². The number of ketones is 1. The Bertz CT molecular complexity index is 591. The van der Waals surface area contributed by atoms with Gasteiger partial charge < -0.3 is 4.74 Å². The first-order valence-corrected chi connectivity index (χ1v) is 12.8. The van der Waals surface area contributed by atoms with Crippen molar-refractivity contribution < 1.29 is 14.3 Å². The zero-order chi connectivity index (χ0) is 20.8. The van der Waals surface area contributed by atoms with Crippen LogP contribution in [0.3, 0.4) is 0 Å². The van der Waals surface area contributed by atoms with E-state index in [4.69, 9.17) is 0 Å². The summed E-state index contributed by atoms with van der Waals surface area (Å²) >= 11 is 3.24. The summed E-state index contributed by atoms with van der Waals surface area (Å²) in [6.45, 7) is 2.23. The van der Waals surface area contributed by atoms with Gasteiger partial charge in [0.05, 0.1) is 12.0 Å². The van der Waals surface area contributed by atoms with Gasteiger partial charge in [-0.05, 0) is 49.5 Å². The standard InChI is InChI=1S/C23H36O3S2/c1-5-6-7-8-9-11-14-18-17-20(28-4)23(25)22(18)19(27-3)15-12-10-13-16-21(24)26-2/h11,14,17-18H,5-10,12-13,15-16H2,1-4H3. The van der Waals surface area contributed by atoms with E-state index in [2.05, 4.69) is 36.1 Å². The molecule has 28 heavy (non-hydrogen) atoms. The Morgan fingerprint density at radius 3 is 2.46 bits per heavy atom. The second-order valence-electron chi connectivity index (χ2n) is 7.05. The summed E-state index contributed by atoms with van der Waals surface area (Å²) in [4.78, 5) is 26.2. The van der Waals surface area contributed by atoms with Gasteiger partial charge in [-0.3, -0.25) is 9.59 Å². The lowest BCUT2D eigenvalue weighted by atomic mass is 9.98. The van der Waals surface area contributed by atoms with E-state index in [0.29, 0.717) is 6.42 Å². The molecule has 0 aromatic heterocycles. The number of Topliss-reactive ketones (excluding diaryl/α,β-unsaturated/α-hetero) is 1. The maximum absolute atomic E-state index is 12.9. The fraction of sp³-hybridized carbons (Fsp3) is 0.652. The summed E-state index contributed by atoms with van der Waals surface area (Å²) in [5.41, 5.74) is 0.967. The molecule has 0 aliphatic heterocycles. The number of rotatable bonds is 14. The quantitative estimate of drug-likeness (QED) is 0.134. The lowest BCUT2D eigenvalue weighted by molar-refractivity contribution is -0.140. The average Bonchev–Trinajstić information content (AvgIpc) is 3.02. The van der Waals surface area contributed by atoms with E-state index in [-0.39, 0.29) is 17.7 Å². The predicted molar refractivity (Wildman–Crippen MR) is 124 cm³/mol. The molecule has 0 N–H and O–H groups in total. The van der Waals surface area contributed by atoms with Crippen LogP contribution in [0.2, 0.25) is 0 Å². The van der Waals surface area contributed by atoms with Crippen LogP contribution < -0.4 is 0 Å². The second-order valence-corrected chi connectivity index (χ2v) is 8.79. The highest BCUT2D eigenvalue weighted by molar-refractivity contribution is 8.03. The zero-order valence-electron chi connectivity index (χ0n) is 17.9. The summed E-state index contributed by atoms with van der Waals surface area (Å²) in [6.07, 6.45) is 20.9. The van der Waals surface area contributed by atoms with Crippen LogP contribution in [0.5, 0.6) is 0 Å². The molecule has 1 unspecified atom stereocenters. The highest BCUT2D eigenvalue weighted by atomic mass is 32.2. The predicted octanol–water partition coefficient (Wildman–Crippen LogP) is 6.70. The number of thioether (sulfide) groups is 2. The first-order valence-electron chi connectivity index (χ1n) is 10.4. The van der Waals surface area contributed by atoms with Gasteiger partial charge in [-0.1, -0.05) is 50.8 Å². The molecule has 0 bridgehead atoms. The topological polar surface area (TPSA) is 43.4 Å². The van der Waals surface area contributed by atoms with Crippen molar-refractivity contribution >= 4 is 35.3 Å². The normalized spacial score (nSPS) is 18.6. The molecular formula is C23H36O3S2. The van der Waals surface area contributed by atoms with Crippen molar-refractivity contribution in [1.29, 1.82) is 0 Å². The summed E-state index contributed by atoms with van der Waals surface area (Å²) in [6, 6.07) is 0. The van der Waals surface area contributed by atoms with Crippen molar-refractivity contribution in [3.63, 3.8) is 0 Å². The van der Waals surface area contributed by atoms with Gasteiger partial charge in [-0.2, -0.15) is 0 Å². The molecule has 0 radical (unpaired) electrons. The Balaban J connectivity index is 2.71. The number of carbonyl (C=O) groups excluding carboxylic acids is 2. The fourth-order valence-corrected chi connectivity index (χ4v) is 4.72. The molecule has 1 atom stereocenters. The van der Waals surface area contributed by atoms with Gasteiger partial charge in [0.2, 0.25) is 0 Å². The molecule has 1 aliphatic rings. The highest BCUT2D eigenvalue weighted by Crippen LogP contribution is 2.39. The van der Waals surface area contributed by atoms with Crippen LogP contribution in [-0.4, -0.2) is 31.4 Å². The number of hydrogen-bond donors (Lipinski definition) is 0. The molecule has 0 saturated carbocycles. The van der Waals surface area contributed by atoms with E-state index in [9.17, 15) is 9.59 Å². The van der Waals surface area contributed by atoms with Crippen molar-refractivity contribution in [2.75, 3.05) is 19.6 Å². The highest BCUT2D eigenvalue weighted by Gasteiger charge is 2.30. The summed E-state index contributed by atoms with van der Waals surface area (Å²) in [7, 11) is 1.43. The number of ether oxygens (including phenoxy) is 1. The SMILES string of the molecule is CCCCCCC=CC1C=C(SC)C(=O)C1=C(CCCCCC(=O)OC)SC. The Morgan fingerprint density at radius 1 is 1.11 bits per heavy atom.